The van der Waals surface area contributed by atoms with Crippen LogP contribution in [0.5, 0.6) is 0 Å². The second kappa shape index (κ2) is 9.75. The predicted molar refractivity (Wildman–Crippen MR) is 108 cm³/mol. The van der Waals surface area contributed by atoms with E-state index in [4.69, 9.17) is 9.26 Å². The van der Waals surface area contributed by atoms with E-state index in [0.717, 1.165) is 5.56 Å². The summed E-state index contributed by atoms with van der Waals surface area (Å²) in [5, 5.41) is 17.6. The summed E-state index contributed by atoms with van der Waals surface area (Å²) in [5.41, 5.74) is 1.54. The van der Waals surface area contributed by atoms with Crippen molar-refractivity contribution < 1.29 is 19.0 Å². The third kappa shape index (κ3) is 5.48. The van der Waals surface area contributed by atoms with Gasteiger partial charge in [-0.15, -0.1) is 0 Å². The van der Waals surface area contributed by atoms with Crippen LogP contribution < -0.4 is 5.32 Å². The van der Waals surface area contributed by atoms with E-state index >= 15 is 0 Å². The number of hydrogen-bond acceptors (Lipinski definition) is 7. The lowest BCUT2D eigenvalue weighted by Crippen LogP contribution is -2.34. The van der Waals surface area contributed by atoms with Crippen LogP contribution in [0.2, 0.25) is 0 Å². The summed E-state index contributed by atoms with van der Waals surface area (Å²) in [4.78, 5) is 27.0. The van der Waals surface area contributed by atoms with Crippen molar-refractivity contribution in [1.82, 2.24) is 15.5 Å². The Morgan fingerprint density at radius 2 is 1.87 bits per heavy atom. The number of benzene rings is 2. The molecule has 1 amide bonds. The van der Waals surface area contributed by atoms with Gasteiger partial charge in [0.25, 0.3) is 5.69 Å². The lowest BCUT2D eigenvalue weighted by molar-refractivity contribution is -0.384. The van der Waals surface area contributed by atoms with Crippen molar-refractivity contribution in [1.29, 1.82) is 0 Å². The summed E-state index contributed by atoms with van der Waals surface area (Å²) >= 11 is 0. The van der Waals surface area contributed by atoms with Crippen LogP contribution in [0, 0.1) is 16.0 Å². The fourth-order valence-electron chi connectivity index (χ4n) is 2.78. The number of amides is 1. The molecule has 2 aromatic carbocycles. The Bertz CT molecular complexity index is 986. The molecule has 0 bridgehead atoms. The molecule has 156 valence electrons. The summed E-state index contributed by atoms with van der Waals surface area (Å²) in [7, 11) is 0. The molecule has 3 aromatic rings. The maximum Gasteiger partial charge on any atom is 0.269 e. The standard InChI is InChI=1S/C21H22N4O5/c1-14(2)19(22-18(26)13-29-12-15-6-4-3-5-7-15)21-23-20(24-30-21)16-8-10-17(11-9-16)25(27)28/h3-11,14,19H,12-13H2,1-2H3,(H,22,26). The van der Waals surface area contributed by atoms with E-state index in [1.54, 1.807) is 12.1 Å². The fraction of sp³-hybridized carbons (Fsp3) is 0.286. The maximum absolute atomic E-state index is 12.3. The molecule has 0 radical (unpaired) electrons. The van der Waals surface area contributed by atoms with Gasteiger partial charge in [-0.1, -0.05) is 49.3 Å². The molecular formula is C21H22N4O5. The van der Waals surface area contributed by atoms with E-state index < -0.39 is 11.0 Å². The molecule has 0 saturated carbocycles. The van der Waals surface area contributed by atoms with Crippen molar-refractivity contribution in [2.45, 2.75) is 26.5 Å². The number of aromatic nitrogens is 2. The molecule has 1 N–H and O–H groups in total. The van der Waals surface area contributed by atoms with Gasteiger partial charge in [0.1, 0.15) is 12.6 Å². The minimum absolute atomic E-state index is 0.00626. The van der Waals surface area contributed by atoms with Crippen molar-refractivity contribution in [2.24, 2.45) is 5.92 Å². The molecule has 3 rings (SSSR count). The summed E-state index contributed by atoms with van der Waals surface area (Å²) in [6, 6.07) is 14.9. The van der Waals surface area contributed by atoms with Crippen molar-refractivity contribution in [3.63, 3.8) is 0 Å². The Kier molecular flexibility index (Phi) is 6.87. The van der Waals surface area contributed by atoms with Crippen molar-refractivity contribution in [3.05, 3.63) is 76.2 Å². The van der Waals surface area contributed by atoms with Gasteiger partial charge in [-0.2, -0.15) is 4.98 Å². The average molecular weight is 410 g/mol. The molecule has 0 spiro atoms. The summed E-state index contributed by atoms with van der Waals surface area (Å²) in [5.74, 6) is 0.253. The topological polar surface area (TPSA) is 120 Å². The van der Waals surface area contributed by atoms with Crippen LogP contribution in [0.15, 0.2) is 59.1 Å². The summed E-state index contributed by atoms with van der Waals surface area (Å²) < 4.78 is 10.8. The van der Waals surface area contributed by atoms with Gasteiger partial charge < -0.3 is 14.6 Å². The first-order valence-corrected chi connectivity index (χ1v) is 9.43. The van der Waals surface area contributed by atoms with Gasteiger partial charge in [-0.3, -0.25) is 14.9 Å². The SMILES string of the molecule is CC(C)C(NC(=O)COCc1ccccc1)c1nc(-c2ccc([N+](=O)[O-])cc2)no1. The van der Waals surface area contributed by atoms with Gasteiger partial charge in [0, 0.05) is 17.7 Å². The first kappa shape index (κ1) is 21.1. The quantitative estimate of drug-likeness (QED) is 0.422. The highest BCUT2D eigenvalue weighted by Crippen LogP contribution is 2.24. The van der Waals surface area contributed by atoms with Crippen molar-refractivity contribution >= 4 is 11.6 Å². The van der Waals surface area contributed by atoms with Crippen LogP contribution in [-0.4, -0.2) is 27.6 Å². The zero-order chi connectivity index (χ0) is 21.5. The second-order valence-corrected chi connectivity index (χ2v) is 7.03. The van der Waals surface area contributed by atoms with Gasteiger partial charge in [0.05, 0.1) is 11.5 Å². The van der Waals surface area contributed by atoms with Crippen molar-refractivity contribution in [2.75, 3.05) is 6.61 Å². The number of nitro groups is 1. The molecule has 30 heavy (non-hydrogen) atoms. The van der Waals surface area contributed by atoms with Crippen LogP contribution >= 0.6 is 0 Å². The van der Waals surface area contributed by atoms with Gasteiger partial charge in [0.15, 0.2) is 0 Å². The molecule has 1 aromatic heterocycles. The van der Waals surface area contributed by atoms with E-state index in [2.05, 4.69) is 15.5 Å². The number of carbonyl (C=O) groups is 1. The molecule has 1 atom stereocenters. The summed E-state index contributed by atoms with van der Waals surface area (Å²) in [6.07, 6.45) is 0. The molecule has 0 saturated heterocycles. The number of hydrogen-bond donors (Lipinski definition) is 1. The molecule has 1 heterocycles. The van der Waals surface area contributed by atoms with E-state index in [1.807, 2.05) is 44.2 Å². The smallest absolute Gasteiger partial charge is 0.269 e. The highest BCUT2D eigenvalue weighted by molar-refractivity contribution is 5.77. The summed E-state index contributed by atoms with van der Waals surface area (Å²) in [6.45, 7) is 4.09. The minimum atomic E-state index is -0.489. The minimum Gasteiger partial charge on any atom is -0.367 e. The first-order valence-electron chi connectivity index (χ1n) is 9.43. The molecule has 1 unspecified atom stereocenters. The molecule has 9 nitrogen and oxygen atoms in total. The van der Waals surface area contributed by atoms with Crippen LogP contribution in [0.3, 0.4) is 0 Å². The van der Waals surface area contributed by atoms with Gasteiger partial charge in [-0.05, 0) is 23.6 Å². The number of non-ortho nitro benzene ring substituents is 1. The van der Waals surface area contributed by atoms with Crippen LogP contribution in [-0.2, 0) is 16.1 Å². The second-order valence-electron chi connectivity index (χ2n) is 7.03. The normalized spacial score (nSPS) is 12.0. The third-order valence-corrected chi connectivity index (χ3v) is 4.37. The average Bonchev–Trinajstić information content (AvgIpc) is 3.22. The first-order chi connectivity index (χ1) is 14.4. The highest BCUT2D eigenvalue weighted by Gasteiger charge is 2.25. The van der Waals surface area contributed by atoms with Crippen LogP contribution in [0.1, 0.15) is 31.3 Å². The zero-order valence-electron chi connectivity index (χ0n) is 16.6. The number of rotatable bonds is 9. The number of carbonyl (C=O) groups excluding carboxylic acids is 1. The Labute approximate surface area is 173 Å². The molecule has 0 aliphatic heterocycles. The number of nitrogens with one attached hydrogen (secondary N) is 1. The number of nitro benzene ring substituents is 1. The number of ether oxygens (including phenoxy) is 1. The predicted octanol–water partition coefficient (Wildman–Crippen LogP) is 3.67. The zero-order valence-corrected chi connectivity index (χ0v) is 16.6. The number of nitrogens with zero attached hydrogens (tertiary/aromatic N) is 3. The van der Waals surface area contributed by atoms with Crippen LogP contribution in [0.4, 0.5) is 5.69 Å². The molecular weight excluding hydrogens is 388 g/mol. The van der Waals surface area contributed by atoms with Gasteiger partial charge in [-0.25, -0.2) is 0 Å². The fourth-order valence-corrected chi connectivity index (χ4v) is 2.78. The molecule has 0 aliphatic rings. The highest BCUT2D eigenvalue weighted by atomic mass is 16.6. The lowest BCUT2D eigenvalue weighted by atomic mass is 10.0. The lowest BCUT2D eigenvalue weighted by Gasteiger charge is -2.18. The Balaban J connectivity index is 1.62. The van der Waals surface area contributed by atoms with Crippen LogP contribution in [0.25, 0.3) is 11.4 Å². The molecule has 0 fully saturated rings. The van der Waals surface area contributed by atoms with E-state index in [9.17, 15) is 14.9 Å². The van der Waals surface area contributed by atoms with E-state index in [1.165, 1.54) is 12.1 Å². The molecule has 0 aliphatic carbocycles. The van der Waals surface area contributed by atoms with E-state index in [-0.39, 0.29) is 30.0 Å². The third-order valence-electron chi connectivity index (χ3n) is 4.37. The van der Waals surface area contributed by atoms with Gasteiger partial charge >= 0.3 is 0 Å². The Hall–Kier alpha value is -3.59. The maximum atomic E-state index is 12.3. The molecule has 9 heteroatoms. The Morgan fingerprint density at radius 1 is 1.17 bits per heavy atom. The largest absolute Gasteiger partial charge is 0.367 e. The van der Waals surface area contributed by atoms with E-state index in [0.29, 0.717) is 18.0 Å². The van der Waals surface area contributed by atoms with Crippen molar-refractivity contribution in [3.8, 4) is 11.4 Å². The Morgan fingerprint density at radius 3 is 2.50 bits per heavy atom. The monoisotopic (exact) mass is 410 g/mol. The van der Waals surface area contributed by atoms with Gasteiger partial charge in [0.2, 0.25) is 17.6 Å².